The summed E-state index contributed by atoms with van der Waals surface area (Å²) in [5.74, 6) is 0.961. The molecule has 98 valence electrons. The van der Waals surface area contributed by atoms with E-state index in [4.69, 9.17) is 0 Å². The van der Waals surface area contributed by atoms with Gasteiger partial charge in [-0.25, -0.2) is 9.48 Å². The molecule has 0 bridgehead atoms. The minimum absolute atomic E-state index is 0.0791. The minimum atomic E-state index is -0.936. The molecule has 0 aromatic carbocycles. The van der Waals surface area contributed by atoms with E-state index < -0.39 is 5.60 Å². The first kappa shape index (κ1) is 14.0. The largest absolute Gasteiger partial charge is 0.389 e. The van der Waals surface area contributed by atoms with Crippen LogP contribution >= 0.6 is 0 Å². The summed E-state index contributed by atoms with van der Waals surface area (Å²) >= 11 is 0. The second-order valence-corrected chi connectivity index (χ2v) is 5.73. The molecule has 0 fully saturated rings. The molecule has 0 unspecified atom stereocenters. The highest BCUT2D eigenvalue weighted by Gasteiger charge is 2.22. The Bertz CT molecular complexity index is 436. The second kappa shape index (κ2) is 4.64. The Hall–Kier alpha value is -1.10. The molecule has 0 aliphatic heterocycles. The summed E-state index contributed by atoms with van der Waals surface area (Å²) in [5.41, 5.74) is -1.08. The maximum Gasteiger partial charge on any atom is 0.346 e. The molecule has 0 saturated heterocycles. The molecular weight excluding hydrogens is 218 g/mol. The lowest BCUT2D eigenvalue weighted by Crippen LogP contribution is -2.34. The van der Waals surface area contributed by atoms with Gasteiger partial charge in [-0.15, -0.1) is 0 Å². The van der Waals surface area contributed by atoms with Gasteiger partial charge >= 0.3 is 5.69 Å². The zero-order valence-corrected chi connectivity index (χ0v) is 11.6. The van der Waals surface area contributed by atoms with E-state index in [0.717, 1.165) is 5.82 Å². The summed E-state index contributed by atoms with van der Waals surface area (Å²) in [5, 5.41) is 14.1. The van der Waals surface area contributed by atoms with Gasteiger partial charge in [0.25, 0.3) is 0 Å². The fraction of sp³-hybridized carbons (Fsp3) is 0.833. The van der Waals surface area contributed by atoms with E-state index in [1.807, 2.05) is 27.7 Å². The molecule has 0 spiro atoms. The second-order valence-electron chi connectivity index (χ2n) is 5.73. The van der Waals surface area contributed by atoms with Gasteiger partial charge in [-0.1, -0.05) is 13.8 Å². The van der Waals surface area contributed by atoms with Crippen LogP contribution in [0.15, 0.2) is 4.79 Å². The third kappa shape index (κ3) is 3.19. The summed E-state index contributed by atoms with van der Waals surface area (Å²) in [6, 6.07) is 0.0791. The van der Waals surface area contributed by atoms with Gasteiger partial charge in [-0.2, -0.15) is 5.10 Å². The molecule has 0 amide bonds. The first-order chi connectivity index (χ1) is 7.63. The zero-order chi connectivity index (χ0) is 13.4. The van der Waals surface area contributed by atoms with Crippen molar-refractivity contribution in [3.63, 3.8) is 0 Å². The fourth-order valence-electron chi connectivity index (χ4n) is 1.79. The summed E-state index contributed by atoms with van der Waals surface area (Å²) < 4.78 is 3.05. The Morgan fingerprint density at radius 1 is 1.29 bits per heavy atom. The standard InChI is InChI=1S/C12H23N3O2/c1-8(2)10-13-14(7-12(5,6)17)11(16)15(10)9(3)4/h8-9,17H,7H2,1-6H3. The van der Waals surface area contributed by atoms with Gasteiger partial charge in [0.05, 0.1) is 12.1 Å². The van der Waals surface area contributed by atoms with Crippen molar-refractivity contribution in [2.45, 2.75) is 65.6 Å². The first-order valence-corrected chi connectivity index (χ1v) is 6.05. The number of aromatic nitrogens is 3. The van der Waals surface area contributed by atoms with E-state index in [-0.39, 0.29) is 24.2 Å². The van der Waals surface area contributed by atoms with Crippen molar-refractivity contribution < 1.29 is 5.11 Å². The average Bonchev–Trinajstić information content (AvgIpc) is 2.41. The highest BCUT2D eigenvalue weighted by Crippen LogP contribution is 2.15. The summed E-state index contributed by atoms with van der Waals surface area (Å²) in [7, 11) is 0. The molecule has 0 atom stereocenters. The number of hydrogen-bond acceptors (Lipinski definition) is 3. The van der Waals surface area contributed by atoms with Crippen LogP contribution in [-0.4, -0.2) is 25.1 Å². The topological polar surface area (TPSA) is 60.0 Å². The van der Waals surface area contributed by atoms with E-state index in [1.165, 1.54) is 4.68 Å². The van der Waals surface area contributed by atoms with Crippen LogP contribution in [0.2, 0.25) is 0 Å². The number of rotatable bonds is 4. The fourth-order valence-corrected chi connectivity index (χ4v) is 1.79. The summed E-state index contributed by atoms with van der Waals surface area (Å²) in [6.45, 7) is 11.5. The van der Waals surface area contributed by atoms with Crippen LogP contribution in [0.3, 0.4) is 0 Å². The van der Waals surface area contributed by atoms with Crippen LogP contribution in [0.25, 0.3) is 0 Å². The van der Waals surface area contributed by atoms with Crippen molar-refractivity contribution in [1.82, 2.24) is 14.3 Å². The molecular formula is C12H23N3O2. The third-order valence-electron chi connectivity index (χ3n) is 2.47. The Morgan fingerprint density at radius 2 is 1.82 bits per heavy atom. The number of hydrogen-bond donors (Lipinski definition) is 1. The van der Waals surface area contributed by atoms with E-state index in [2.05, 4.69) is 5.10 Å². The summed E-state index contributed by atoms with van der Waals surface area (Å²) in [6.07, 6.45) is 0. The molecule has 5 heteroatoms. The molecule has 1 aromatic rings. The van der Waals surface area contributed by atoms with Gasteiger partial charge in [0.15, 0.2) is 0 Å². The molecule has 1 heterocycles. The van der Waals surface area contributed by atoms with Crippen molar-refractivity contribution in [1.29, 1.82) is 0 Å². The molecule has 0 aliphatic rings. The molecule has 5 nitrogen and oxygen atoms in total. The normalized spacial score (nSPS) is 12.8. The lowest BCUT2D eigenvalue weighted by atomic mass is 10.1. The monoisotopic (exact) mass is 241 g/mol. The quantitative estimate of drug-likeness (QED) is 0.869. The lowest BCUT2D eigenvalue weighted by molar-refractivity contribution is 0.0562. The van der Waals surface area contributed by atoms with Crippen LogP contribution in [0, 0.1) is 0 Å². The van der Waals surface area contributed by atoms with E-state index in [0.29, 0.717) is 0 Å². The number of aliphatic hydroxyl groups is 1. The van der Waals surface area contributed by atoms with Crippen LogP contribution in [0.5, 0.6) is 0 Å². The van der Waals surface area contributed by atoms with Gasteiger partial charge < -0.3 is 5.11 Å². The van der Waals surface area contributed by atoms with Crippen molar-refractivity contribution in [3.8, 4) is 0 Å². The van der Waals surface area contributed by atoms with Gasteiger partial charge in [-0.05, 0) is 27.7 Å². The molecule has 1 aromatic heterocycles. The molecule has 0 radical (unpaired) electrons. The van der Waals surface area contributed by atoms with Gasteiger partial charge in [0.2, 0.25) is 0 Å². The molecule has 1 N–H and O–H groups in total. The van der Waals surface area contributed by atoms with Gasteiger partial charge in [-0.3, -0.25) is 4.57 Å². The van der Waals surface area contributed by atoms with Gasteiger partial charge in [0, 0.05) is 12.0 Å². The maximum atomic E-state index is 12.2. The zero-order valence-electron chi connectivity index (χ0n) is 11.6. The van der Waals surface area contributed by atoms with E-state index in [9.17, 15) is 9.90 Å². The van der Waals surface area contributed by atoms with Gasteiger partial charge in [0.1, 0.15) is 5.82 Å². The highest BCUT2D eigenvalue weighted by molar-refractivity contribution is 4.96. The van der Waals surface area contributed by atoms with E-state index in [1.54, 1.807) is 18.4 Å². The Kier molecular flexibility index (Phi) is 3.81. The van der Waals surface area contributed by atoms with Crippen molar-refractivity contribution in [3.05, 3.63) is 16.3 Å². The lowest BCUT2D eigenvalue weighted by Gasteiger charge is -2.15. The SMILES string of the molecule is CC(C)c1nn(CC(C)(C)O)c(=O)n1C(C)C. The Labute approximate surface area is 102 Å². The molecule has 17 heavy (non-hydrogen) atoms. The average molecular weight is 241 g/mol. The predicted octanol–water partition coefficient (Wildman–Crippen LogP) is 1.52. The molecule has 0 saturated carbocycles. The summed E-state index contributed by atoms with van der Waals surface area (Å²) in [4.78, 5) is 12.2. The van der Waals surface area contributed by atoms with Crippen LogP contribution in [0.4, 0.5) is 0 Å². The van der Waals surface area contributed by atoms with Crippen LogP contribution < -0.4 is 5.69 Å². The number of nitrogens with zero attached hydrogens (tertiary/aromatic N) is 3. The Morgan fingerprint density at radius 3 is 2.12 bits per heavy atom. The van der Waals surface area contributed by atoms with Crippen molar-refractivity contribution >= 4 is 0 Å². The Balaban J connectivity index is 3.27. The first-order valence-electron chi connectivity index (χ1n) is 6.05. The smallest absolute Gasteiger partial charge is 0.346 e. The predicted molar refractivity (Wildman–Crippen MR) is 67.3 cm³/mol. The molecule has 0 aliphatic carbocycles. The molecule has 1 rings (SSSR count). The van der Waals surface area contributed by atoms with Crippen LogP contribution in [0.1, 0.15) is 59.3 Å². The van der Waals surface area contributed by atoms with E-state index >= 15 is 0 Å². The third-order valence-corrected chi connectivity index (χ3v) is 2.47. The maximum absolute atomic E-state index is 12.2. The van der Waals surface area contributed by atoms with Crippen molar-refractivity contribution in [2.24, 2.45) is 0 Å². The van der Waals surface area contributed by atoms with Crippen LogP contribution in [-0.2, 0) is 6.54 Å². The minimum Gasteiger partial charge on any atom is -0.389 e. The van der Waals surface area contributed by atoms with Crippen molar-refractivity contribution in [2.75, 3.05) is 0 Å². The highest BCUT2D eigenvalue weighted by atomic mass is 16.3.